The second-order valence-electron chi connectivity index (χ2n) is 3.03. The maximum atomic E-state index is 9.43. The molecular formula is C10H20LiNaO4. The Labute approximate surface area is 133 Å². The van der Waals surface area contributed by atoms with E-state index >= 15 is 0 Å². The summed E-state index contributed by atoms with van der Waals surface area (Å²) in [5.41, 5.74) is 0. The molecule has 0 aliphatic rings. The van der Waals surface area contributed by atoms with E-state index in [1.54, 1.807) is 0 Å². The Morgan fingerprint density at radius 3 is 1.69 bits per heavy atom. The van der Waals surface area contributed by atoms with Gasteiger partial charge < -0.3 is 18.6 Å². The van der Waals surface area contributed by atoms with Crippen molar-refractivity contribution < 1.29 is 69.6 Å². The predicted octanol–water partition coefficient (Wildman–Crippen LogP) is -3.69. The van der Waals surface area contributed by atoms with Crippen LogP contribution in [0, 0.1) is 12.8 Å². The Kier molecular flexibility index (Phi) is 28.4. The third kappa shape index (κ3) is 29.3. The predicted molar refractivity (Wildman–Crippen MR) is 55.0 cm³/mol. The molecule has 0 amide bonds. The van der Waals surface area contributed by atoms with Crippen LogP contribution in [0.2, 0.25) is 0 Å². The largest absolute Gasteiger partial charge is 1.00 e. The van der Waals surface area contributed by atoms with Crippen LogP contribution in [-0.4, -0.2) is 22.2 Å². The maximum Gasteiger partial charge on any atom is 1.00 e. The average molecular weight is 234 g/mol. The summed E-state index contributed by atoms with van der Waals surface area (Å²) in [5, 5.41) is 15.4. The smallest absolute Gasteiger partial charge is 1.00 e. The molecule has 86 valence electrons. The van der Waals surface area contributed by atoms with Crippen molar-refractivity contribution in [1.82, 2.24) is 0 Å². The Hall–Kier alpha value is 0.537. The summed E-state index contributed by atoms with van der Waals surface area (Å²) in [7, 11) is 0. The van der Waals surface area contributed by atoms with Gasteiger partial charge in [-0.05, 0) is 0 Å². The summed E-state index contributed by atoms with van der Waals surface area (Å²) in [6.45, 7) is 8.34. The van der Waals surface area contributed by atoms with E-state index < -0.39 is 18.4 Å². The topological polar surface area (TPSA) is 74.6 Å². The number of hydrogen-bond acceptors (Lipinski definition) is 2. The van der Waals surface area contributed by atoms with Crippen LogP contribution >= 0.6 is 0 Å². The first-order valence-corrected chi connectivity index (χ1v) is 4.70. The summed E-state index contributed by atoms with van der Waals surface area (Å²) in [6.07, 6.45) is 2.99. The van der Waals surface area contributed by atoms with Crippen LogP contribution in [0.1, 0.15) is 41.0 Å². The summed E-state index contributed by atoms with van der Waals surface area (Å²) in [5.74, 6) is -1.93. The zero-order valence-electron chi connectivity index (χ0n) is 11.8. The van der Waals surface area contributed by atoms with Gasteiger partial charge in [0, 0.05) is 0 Å². The van der Waals surface area contributed by atoms with Crippen LogP contribution in [0.4, 0.5) is 0 Å². The van der Waals surface area contributed by atoms with Gasteiger partial charge in [0.05, 0.1) is 0 Å². The zero-order valence-corrected chi connectivity index (χ0v) is 12.8. The van der Waals surface area contributed by atoms with Crippen molar-refractivity contribution in [2.75, 3.05) is 0 Å². The first kappa shape index (κ1) is 25.4. The first-order chi connectivity index (χ1) is 6.43. The molecule has 16 heavy (non-hydrogen) atoms. The van der Waals surface area contributed by atoms with Crippen molar-refractivity contribution in [2.45, 2.75) is 39.5 Å². The Morgan fingerprint density at radius 2 is 1.62 bits per heavy atom. The number of rotatable bonds is 5. The third-order valence-corrected chi connectivity index (χ3v) is 1.58. The van der Waals surface area contributed by atoms with E-state index in [1.807, 2.05) is 0 Å². The van der Waals surface area contributed by atoms with E-state index in [1.165, 1.54) is 19.3 Å². The molecule has 4 nitrogen and oxygen atoms in total. The number of carboxylic acid groups (broad SMARTS) is 2. The molecule has 0 aliphatic heterocycles. The third-order valence-electron chi connectivity index (χ3n) is 1.58. The fourth-order valence-corrected chi connectivity index (χ4v) is 0.742. The molecule has 0 rings (SSSR count). The molecule has 0 saturated heterocycles. The van der Waals surface area contributed by atoms with Gasteiger partial charge in [0.15, 0.2) is 0 Å². The van der Waals surface area contributed by atoms with Gasteiger partial charge in [0.1, 0.15) is 6.42 Å². The molecule has 0 saturated carbocycles. The van der Waals surface area contributed by atoms with Crippen LogP contribution in [0.25, 0.3) is 0 Å². The number of hydrogen-bond donors (Lipinski definition) is 2. The van der Waals surface area contributed by atoms with Crippen LogP contribution in [0.15, 0.2) is 0 Å². The van der Waals surface area contributed by atoms with E-state index in [9.17, 15) is 9.59 Å². The molecule has 0 fully saturated rings. The minimum Gasteiger partial charge on any atom is -1.00 e. The van der Waals surface area contributed by atoms with Gasteiger partial charge in [-0.15, -0.1) is 0 Å². The molecule has 1 unspecified atom stereocenters. The van der Waals surface area contributed by atoms with Gasteiger partial charge in [0.25, 0.3) is 0 Å². The van der Waals surface area contributed by atoms with Crippen LogP contribution < -0.4 is 48.4 Å². The first-order valence-electron chi connectivity index (χ1n) is 4.70. The molecule has 6 heteroatoms. The molecule has 0 aromatic heterocycles. The number of carboxylic acids is 2. The Bertz CT molecular complexity index is 170. The molecule has 0 heterocycles. The SMILES string of the molecule is O=C(O)CC(=O)O.[CH2-]C(CC)CCC.[H-].[Li+].[Na+]. The fraction of sp³-hybridized carbons (Fsp3) is 0.700. The summed E-state index contributed by atoms with van der Waals surface area (Å²) < 4.78 is 0. The average Bonchev–Trinajstić information content (AvgIpc) is 2.03. The maximum absolute atomic E-state index is 9.43. The second kappa shape index (κ2) is 17.9. The zero-order chi connectivity index (χ0) is 11.6. The van der Waals surface area contributed by atoms with Crippen molar-refractivity contribution >= 4 is 11.9 Å². The van der Waals surface area contributed by atoms with Crippen molar-refractivity contribution in [2.24, 2.45) is 5.92 Å². The molecule has 2 N–H and O–H groups in total. The summed E-state index contributed by atoms with van der Waals surface area (Å²) >= 11 is 0. The van der Waals surface area contributed by atoms with Crippen molar-refractivity contribution in [1.29, 1.82) is 0 Å². The molecule has 0 aliphatic carbocycles. The van der Waals surface area contributed by atoms with E-state index in [0.29, 0.717) is 5.92 Å². The fourth-order valence-electron chi connectivity index (χ4n) is 0.742. The summed E-state index contributed by atoms with van der Waals surface area (Å²) in [6, 6.07) is 0. The van der Waals surface area contributed by atoms with Crippen molar-refractivity contribution in [3.05, 3.63) is 6.92 Å². The van der Waals surface area contributed by atoms with Gasteiger partial charge in [-0.3, -0.25) is 9.59 Å². The Morgan fingerprint density at radius 1 is 1.25 bits per heavy atom. The molecule has 0 bridgehead atoms. The molecule has 0 aromatic carbocycles. The van der Waals surface area contributed by atoms with Crippen LogP contribution in [0.3, 0.4) is 0 Å². The van der Waals surface area contributed by atoms with E-state index in [2.05, 4.69) is 20.8 Å². The van der Waals surface area contributed by atoms with Gasteiger partial charge in [-0.25, -0.2) is 0 Å². The van der Waals surface area contributed by atoms with Gasteiger partial charge in [0.2, 0.25) is 0 Å². The van der Waals surface area contributed by atoms with Gasteiger partial charge in [-0.2, -0.15) is 5.92 Å². The molecular weight excluding hydrogens is 214 g/mol. The quantitative estimate of drug-likeness (QED) is 0.292. The van der Waals surface area contributed by atoms with E-state index in [0.717, 1.165) is 0 Å². The second-order valence-corrected chi connectivity index (χ2v) is 3.03. The molecule has 0 spiro atoms. The molecule has 0 aromatic rings. The van der Waals surface area contributed by atoms with Gasteiger partial charge >= 0.3 is 60.4 Å². The minimum absolute atomic E-state index is 0. The van der Waals surface area contributed by atoms with E-state index in [4.69, 9.17) is 10.2 Å². The number of aliphatic carboxylic acids is 2. The van der Waals surface area contributed by atoms with Crippen LogP contribution in [-0.2, 0) is 9.59 Å². The van der Waals surface area contributed by atoms with E-state index in [-0.39, 0.29) is 49.8 Å². The molecule has 1 atom stereocenters. The standard InChI is InChI=1S/C7H15.C3H4O4.Li.Na.H/c1-4-6-7(3)5-2;4-2(5)1-3(6)7;;;/h7H,3-6H2,1-2H3;1H2,(H,4,5)(H,6,7);;;/q-1;;2*+1;-1. The summed E-state index contributed by atoms with van der Waals surface area (Å²) in [4.78, 5) is 18.9. The monoisotopic (exact) mass is 234 g/mol. The minimum atomic E-state index is -1.31. The van der Waals surface area contributed by atoms with Crippen molar-refractivity contribution in [3.63, 3.8) is 0 Å². The molecule has 0 radical (unpaired) electrons. The normalized spacial score (nSPS) is 9.69. The number of carbonyl (C=O) groups is 2. The Balaban J connectivity index is -0.0000000480. The van der Waals surface area contributed by atoms with Gasteiger partial charge in [-0.1, -0.05) is 33.1 Å². The van der Waals surface area contributed by atoms with Crippen LogP contribution in [0.5, 0.6) is 0 Å². The van der Waals surface area contributed by atoms with Crippen molar-refractivity contribution in [3.8, 4) is 0 Å².